The quantitative estimate of drug-likeness (QED) is 0.361. The van der Waals surface area contributed by atoms with E-state index in [1.54, 1.807) is 0 Å². The Morgan fingerprint density at radius 1 is 0.933 bits per heavy atom. The second-order valence-electron chi connectivity index (χ2n) is 8.37. The summed E-state index contributed by atoms with van der Waals surface area (Å²) in [6, 6.07) is 8.09. The van der Waals surface area contributed by atoms with Gasteiger partial charge in [0.05, 0.1) is 17.7 Å². The van der Waals surface area contributed by atoms with Gasteiger partial charge in [-0.3, -0.25) is 14.7 Å². The maximum atomic E-state index is 13.0. The van der Waals surface area contributed by atoms with E-state index in [-0.39, 0.29) is 5.91 Å². The van der Waals surface area contributed by atoms with Crippen LogP contribution in [0.25, 0.3) is 10.9 Å². The minimum Gasteiger partial charge on any atom is -0.324 e. The van der Waals surface area contributed by atoms with Crippen molar-refractivity contribution in [3.8, 4) is 0 Å². The zero-order valence-corrected chi connectivity index (χ0v) is 19.6. The van der Waals surface area contributed by atoms with Gasteiger partial charge in [-0.1, -0.05) is 77.5 Å². The van der Waals surface area contributed by atoms with Gasteiger partial charge in [0.1, 0.15) is 0 Å². The number of unbranched alkanes of at least 4 members (excludes halogenated alkanes) is 6. The number of nitrogens with one attached hydrogen (secondary N) is 1. The third kappa shape index (κ3) is 7.39. The van der Waals surface area contributed by atoms with Crippen LogP contribution >= 0.6 is 0 Å². The Morgan fingerprint density at radius 2 is 1.57 bits per heavy atom. The molecule has 1 aromatic heterocycles. The van der Waals surface area contributed by atoms with Crippen LogP contribution in [0.2, 0.25) is 0 Å². The highest BCUT2D eigenvalue weighted by atomic mass is 16.2. The van der Waals surface area contributed by atoms with Crippen LogP contribution in [-0.2, 0) is 11.2 Å². The number of hydrogen-bond donors (Lipinski definition) is 1. The number of rotatable bonds is 14. The van der Waals surface area contributed by atoms with Crippen molar-refractivity contribution in [1.82, 2.24) is 9.88 Å². The van der Waals surface area contributed by atoms with E-state index in [4.69, 9.17) is 4.98 Å². The molecule has 2 aromatic rings. The number of hydrogen-bond acceptors (Lipinski definition) is 3. The SMILES string of the molecule is CCCCCCN(CCCCCC)CC(=O)Nc1c(C)c(CC)nc2ccccc12. The molecule has 30 heavy (non-hydrogen) atoms. The highest BCUT2D eigenvalue weighted by molar-refractivity contribution is 6.03. The van der Waals surface area contributed by atoms with Crippen molar-refractivity contribution in [2.75, 3.05) is 25.0 Å². The van der Waals surface area contributed by atoms with Gasteiger partial charge in [-0.15, -0.1) is 0 Å². The van der Waals surface area contributed by atoms with Gasteiger partial charge in [-0.05, 0) is 50.9 Å². The van der Waals surface area contributed by atoms with Crippen molar-refractivity contribution in [2.24, 2.45) is 0 Å². The van der Waals surface area contributed by atoms with Gasteiger partial charge in [0.25, 0.3) is 0 Å². The van der Waals surface area contributed by atoms with Gasteiger partial charge in [-0.2, -0.15) is 0 Å². The second kappa shape index (κ2) is 13.4. The van der Waals surface area contributed by atoms with Crippen molar-refractivity contribution in [2.45, 2.75) is 85.5 Å². The Kier molecular flexibility index (Phi) is 10.9. The molecule has 0 radical (unpaired) electrons. The molecule has 0 unspecified atom stereocenters. The van der Waals surface area contributed by atoms with Gasteiger partial charge >= 0.3 is 0 Å². The average Bonchev–Trinajstić information content (AvgIpc) is 2.75. The molecule has 0 spiro atoms. The zero-order chi connectivity index (χ0) is 21.8. The Hall–Kier alpha value is -1.94. The van der Waals surface area contributed by atoms with Crippen LogP contribution in [0.4, 0.5) is 5.69 Å². The highest BCUT2D eigenvalue weighted by Crippen LogP contribution is 2.28. The summed E-state index contributed by atoms with van der Waals surface area (Å²) in [7, 11) is 0. The fraction of sp³-hybridized carbons (Fsp3) is 0.615. The van der Waals surface area contributed by atoms with Crippen molar-refractivity contribution in [3.05, 3.63) is 35.5 Å². The molecule has 0 saturated heterocycles. The summed E-state index contributed by atoms with van der Waals surface area (Å²) in [6.45, 7) is 11.1. The van der Waals surface area contributed by atoms with Gasteiger partial charge < -0.3 is 5.32 Å². The molecule has 0 fully saturated rings. The summed E-state index contributed by atoms with van der Waals surface area (Å²) in [4.78, 5) is 20.1. The minimum atomic E-state index is 0.0856. The van der Waals surface area contributed by atoms with Gasteiger partial charge in [-0.25, -0.2) is 0 Å². The molecule has 2 rings (SSSR count). The van der Waals surface area contributed by atoms with Crippen molar-refractivity contribution in [3.63, 3.8) is 0 Å². The van der Waals surface area contributed by atoms with E-state index in [0.29, 0.717) is 6.54 Å². The topological polar surface area (TPSA) is 45.2 Å². The number of anilines is 1. The molecule has 0 aliphatic rings. The normalized spacial score (nSPS) is 11.4. The summed E-state index contributed by atoms with van der Waals surface area (Å²) < 4.78 is 0. The first-order chi connectivity index (χ1) is 14.6. The van der Waals surface area contributed by atoms with Crippen molar-refractivity contribution < 1.29 is 4.79 Å². The van der Waals surface area contributed by atoms with E-state index in [0.717, 1.165) is 47.4 Å². The predicted octanol–water partition coefficient (Wildman–Crippen LogP) is 6.51. The first-order valence-corrected chi connectivity index (χ1v) is 12.0. The maximum absolute atomic E-state index is 13.0. The number of aryl methyl sites for hydroxylation is 1. The lowest BCUT2D eigenvalue weighted by atomic mass is 10.1. The van der Waals surface area contributed by atoms with E-state index in [1.807, 2.05) is 18.2 Å². The van der Waals surface area contributed by atoms with Crippen LogP contribution in [0.15, 0.2) is 24.3 Å². The van der Waals surface area contributed by atoms with Crippen LogP contribution in [0, 0.1) is 6.92 Å². The number of aromatic nitrogens is 1. The first kappa shape index (κ1) is 24.3. The third-order valence-corrected chi connectivity index (χ3v) is 5.86. The number of pyridine rings is 1. The Labute approximate surface area is 183 Å². The molecule has 166 valence electrons. The summed E-state index contributed by atoms with van der Waals surface area (Å²) in [5.74, 6) is 0.0856. The molecule has 0 bridgehead atoms. The van der Waals surface area contributed by atoms with Crippen LogP contribution in [0.3, 0.4) is 0 Å². The molecule has 4 nitrogen and oxygen atoms in total. The Balaban J connectivity index is 2.08. The number of nitrogens with zero attached hydrogens (tertiary/aromatic N) is 2. The maximum Gasteiger partial charge on any atom is 0.238 e. The number of para-hydroxylation sites is 1. The first-order valence-electron chi connectivity index (χ1n) is 12.0. The fourth-order valence-corrected chi connectivity index (χ4v) is 4.04. The predicted molar refractivity (Wildman–Crippen MR) is 129 cm³/mol. The highest BCUT2D eigenvalue weighted by Gasteiger charge is 2.15. The zero-order valence-electron chi connectivity index (χ0n) is 19.6. The van der Waals surface area contributed by atoms with E-state index >= 15 is 0 Å². The van der Waals surface area contributed by atoms with Crippen LogP contribution in [0.1, 0.15) is 83.4 Å². The van der Waals surface area contributed by atoms with Crippen molar-refractivity contribution in [1.29, 1.82) is 0 Å². The largest absolute Gasteiger partial charge is 0.324 e. The second-order valence-corrected chi connectivity index (χ2v) is 8.37. The summed E-state index contributed by atoms with van der Waals surface area (Å²) in [5, 5.41) is 4.27. The Bertz CT molecular complexity index is 775. The van der Waals surface area contributed by atoms with E-state index in [9.17, 15) is 4.79 Å². The average molecular weight is 412 g/mol. The summed E-state index contributed by atoms with van der Waals surface area (Å²) in [6.07, 6.45) is 10.7. The molecule has 1 amide bonds. The molecular weight excluding hydrogens is 370 g/mol. The van der Waals surface area contributed by atoms with Gasteiger partial charge in [0.2, 0.25) is 5.91 Å². The van der Waals surface area contributed by atoms with E-state index in [2.05, 4.69) is 44.0 Å². The number of carbonyl (C=O) groups excluding carboxylic acids is 1. The minimum absolute atomic E-state index is 0.0856. The lowest BCUT2D eigenvalue weighted by molar-refractivity contribution is -0.117. The number of amides is 1. The molecule has 0 saturated carbocycles. The molecule has 0 aliphatic carbocycles. The monoisotopic (exact) mass is 411 g/mol. The molecule has 1 aromatic carbocycles. The number of benzene rings is 1. The van der Waals surface area contributed by atoms with Crippen LogP contribution in [0.5, 0.6) is 0 Å². The lowest BCUT2D eigenvalue weighted by Crippen LogP contribution is -2.35. The van der Waals surface area contributed by atoms with Crippen LogP contribution < -0.4 is 5.32 Å². The van der Waals surface area contributed by atoms with E-state index < -0.39 is 0 Å². The molecule has 0 atom stereocenters. The molecule has 4 heteroatoms. The number of carbonyl (C=O) groups is 1. The Morgan fingerprint density at radius 3 is 2.17 bits per heavy atom. The standard InChI is InChI=1S/C26H41N3O/c1-5-8-10-14-18-29(19-15-11-9-6-2)20-25(30)28-26-21(4)23(7-3)27-24-17-13-12-16-22(24)26/h12-13,16-17H,5-11,14-15,18-20H2,1-4H3,(H,27,28,30). The third-order valence-electron chi connectivity index (χ3n) is 5.86. The fourth-order valence-electron chi connectivity index (χ4n) is 4.04. The molecule has 1 N–H and O–H groups in total. The molecule has 0 aliphatic heterocycles. The van der Waals surface area contributed by atoms with Gasteiger partial charge in [0.15, 0.2) is 0 Å². The summed E-state index contributed by atoms with van der Waals surface area (Å²) in [5.41, 5.74) is 4.02. The summed E-state index contributed by atoms with van der Waals surface area (Å²) >= 11 is 0. The van der Waals surface area contributed by atoms with Crippen LogP contribution in [-0.4, -0.2) is 35.4 Å². The molecule has 1 heterocycles. The number of fused-ring (bicyclic) bond motifs is 1. The molecular formula is C26H41N3O. The van der Waals surface area contributed by atoms with Crippen molar-refractivity contribution >= 4 is 22.5 Å². The van der Waals surface area contributed by atoms with E-state index in [1.165, 1.54) is 51.4 Å². The smallest absolute Gasteiger partial charge is 0.238 e. The van der Waals surface area contributed by atoms with Gasteiger partial charge in [0, 0.05) is 11.1 Å². The lowest BCUT2D eigenvalue weighted by Gasteiger charge is -2.22.